The quantitative estimate of drug-likeness (QED) is 0.220. The maximum absolute atomic E-state index is 13.5. The Morgan fingerprint density at radius 2 is 1.55 bits per heavy atom. The summed E-state index contributed by atoms with van der Waals surface area (Å²) in [5.74, 6) is 2.41. The van der Waals surface area contributed by atoms with Crippen LogP contribution in [0.3, 0.4) is 0 Å². The second kappa shape index (κ2) is 12.1. The summed E-state index contributed by atoms with van der Waals surface area (Å²) in [5.41, 5.74) is 3.49. The molecule has 2 aromatic carbocycles. The smallest absolute Gasteiger partial charge is 0.338 e. The lowest BCUT2D eigenvalue weighted by Crippen LogP contribution is -2.51. The number of amides is 1. The zero-order chi connectivity index (χ0) is 27.4. The van der Waals surface area contributed by atoms with Gasteiger partial charge in [-0.25, -0.2) is 4.79 Å². The Morgan fingerprint density at radius 3 is 2.30 bits per heavy atom. The first-order valence-corrected chi connectivity index (χ1v) is 15.2. The number of para-hydroxylation sites is 1. The number of nitrogens with one attached hydrogen (secondary N) is 2. The van der Waals surface area contributed by atoms with Crippen molar-refractivity contribution in [1.82, 2.24) is 15.6 Å². The maximum Gasteiger partial charge on any atom is 0.338 e. The van der Waals surface area contributed by atoms with Gasteiger partial charge in [-0.05, 0) is 118 Å². The number of benzene rings is 2. The molecular formula is C34H41N3O3. The molecular weight excluding hydrogens is 498 g/mol. The third-order valence-electron chi connectivity index (χ3n) is 9.33. The van der Waals surface area contributed by atoms with Gasteiger partial charge in [-0.3, -0.25) is 9.78 Å². The molecule has 4 bridgehead atoms. The van der Waals surface area contributed by atoms with Crippen LogP contribution in [0.25, 0.3) is 10.9 Å². The average molecular weight is 540 g/mol. The van der Waals surface area contributed by atoms with Gasteiger partial charge >= 0.3 is 5.97 Å². The highest BCUT2D eigenvalue weighted by Crippen LogP contribution is 2.59. The van der Waals surface area contributed by atoms with Crippen molar-refractivity contribution < 1.29 is 14.3 Å². The number of aromatic nitrogens is 1. The number of ether oxygens (including phenoxy) is 1. The Bertz CT molecular complexity index is 1300. The minimum atomic E-state index is -0.277. The molecule has 4 aliphatic rings. The molecule has 6 heteroatoms. The molecule has 1 aromatic heterocycles. The van der Waals surface area contributed by atoms with E-state index < -0.39 is 0 Å². The molecule has 3 aromatic rings. The number of carbonyl (C=O) groups is 2. The monoisotopic (exact) mass is 539 g/mol. The standard InChI is InChI=1S/C34H41N3O3/c38-32(36-23-34-20-24-16-25(21-34)18-26(17-24)22-34)30-19-28(37-31-12-5-4-11-29(30)31)10-6-13-35-14-7-15-40-33(39)27-8-2-1-3-9-27/h1-5,8-9,11-12,19,24-26,35H,6-7,10,13-18,20-23H2,(H,36,38). The van der Waals surface area contributed by atoms with Crippen LogP contribution < -0.4 is 10.6 Å². The fourth-order valence-electron chi connectivity index (χ4n) is 7.95. The molecule has 0 aliphatic heterocycles. The molecule has 4 aliphatic carbocycles. The van der Waals surface area contributed by atoms with Crippen molar-refractivity contribution in [3.05, 3.63) is 77.5 Å². The predicted octanol–water partition coefficient (Wildman–Crippen LogP) is 5.95. The lowest BCUT2D eigenvalue weighted by atomic mass is 9.49. The molecule has 40 heavy (non-hydrogen) atoms. The molecule has 2 N–H and O–H groups in total. The van der Waals surface area contributed by atoms with Gasteiger partial charge in [0.15, 0.2) is 0 Å². The number of rotatable bonds is 12. The Balaban J connectivity index is 0.983. The maximum atomic E-state index is 13.5. The number of pyridine rings is 1. The summed E-state index contributed by atoms with van der Waals surface area (Å²) in [7, 11) is 0. The van der Waals surface area contributed by atoms with Crippen LogP contribution in [0, 0.1) is 23.2 Å². The summed E-state index contributed by atoms with van der Waals surface area (Å²) in [6.07, 6.45) is 10.6. The van der Waals surface area contributed by atoms with E-state index in [1.807, 2.05) is 48.5 Å². The molecule has 4 saturated carbocycles. The third kappa shape index (κ3) is 6.22. The van der Waals surface area contributed by atoms with Crippen LogP contribution in [0.2, 0.25) is 0 Å². The number of carbonyl (C=O) groups excluding carboxylic acids is 2. The molecule has 7 rings (SSSR count). The highest BCUT2D eigenvalue weighted by atomic mass is 16.5. The van der Waals surface area contributed by atoms with E-state index in [0.29, 0.717) is 17.6 Å². The molecule has 0 unspecified atom stereocenters. The lowest BCUT2D eigenvalue weighted by molar-refractivity contribution is -0.0503. The van der Waals surface area contributed by atoms with Gasteiger partial charge in [0.05, 0.1) is 23.3 Å². The van der Waals surface area contributed by atoms with Crippen molar-refractivity contribution in [3.63, 3.8) is 0 Å². The highest BCUT2D eigenvalue weighted by molar-refractivity contribution is 6.06. The SMILES string of the molecule is O=C(OCCCNCCCc1cc(C(=O)NCC23CC4CC(CC(C4)C2)C3)c2ccccc2n1)c1ccccc1. The molecule has 0 saturated heterocycles. The first-order valence-electron chi connectivity index (χ1n) is 15.2. The molecule has 210 valence electrons. The van der Waals surface area contributed by atoms with E-state index in [9.17, 15) is 9.59 Å². The van der Waals surface area contributed by atoms with Gasteiger partial charge in [0.25, 0.3) is 5.91 Å². The average Bonchev–Trinajstić information content (AvgIpc) is 2.96. The van der Waals surface area contributed by atoms with Crippen LogP contribution in [0.1, 0.15) is 77.8 Å². The van der Waals surface area contributed by atoms with Crippen LogP contribution in [-0.2, 0) is 11.2 Å². The normalized spacial score (nSPS) is 24.8. The molecule has 1 amide bonds. The topological polar surface area (TPSA) is 80.3 Å². The summed E-state index contributed by atoms with van der Waals surface area (Å²) in [5, 5.41) is 7.73. The van der Waals surface area contributed by atoms with Crippen molar-refractivity contribution in [2.45, 2.75) is 57.8 Å². The molecule has 1 heterocycles. The molecule has 4 fully saturated rings. The summed E-state index contributed by atoms with van der Waals surface area (Å²) < 4.78 is 5.34. The van der Waals surface area contributed by atoms with Gasteiger partial charge in [0.2, 0.25) is 0 Å². The van der Waals surface area contributed by atoms with Crippen molar-refractivity contribution in [3.8, 4) is 0 Å². The van der Waals surface area contributed by atoms with E-state index in [0.717, 1.165) is 78.8 Å². The summed E-state index contributed by atoms with van der Waals surface area (Å²) >= 11 is 0. The van der Waals surface area contributed by atoms with E-state index in [2.05, 4.69) is 10.6 Å². The van der Waals surface area contributed by atoms with Gasteiger partial charge in [0.1, 0.15) is 0 Å². The van der Waals surface area contributed by atoms with Gasteiger partial charge in [-0.15, -0.1) is 0 Å². The molecule has 0 spiro atoms. The van der Waals surface area contributed by atoms with Crippen LogP contribution in [0.4, 0.5) is 0 Å². The minimum absolute atomic E-state index is 0.0405. The Kier molecular flexibility index (Phi) is 8.15. The highest BCUT2D eigenvalue weighted by Gasteiger charge is 2.50. The number of esters is 1. The second-order valence-corrected chi connectivity index (χ2v) is 12.5. The van der Waals surface area contributed by atoms with E-state index in [4.69, 9.17) is 9.72 Å². The zero-order valence-corrected chi connectivity index (χ0v) is 23.4. The minimum Gasteiger partial charge on any atom is -0.462 e. The lowest BCUT2D eigenvalue weighted by Gasteiger charge is -2.56. The molecule has 0 atom stereocenters. The summed E-state index contributed by atoms with van der Waals surface area (Å²) in [6.45, 7) is 2.83. The van der Waals surface area contributed by atoms with E-state index in [1.165, 1.54) is 38.5 Å². The Morgan fingerprint density at radius 1 is 0.875 bits per heavy atom. The van der Waals surface area contributed by atoms with Gasteiger partial charge in [-0.1, -0.05) is 36.4 Å². The summed E-state index contributed by atoms with van der Waals surface area (Å²) in [6, 6.07) is 19.1. The number of hydrogen-bond acceptors (Lipinski definition) is 5. The van der Waals surface area contributed by atoms with E-state index in [-0.39, 0.29) is 11.9 Å². The fourth-order valence-corrected chi connectivity index (χ4v) is 7.95. The van der Waals surface area contributed by atoms with Crippen LogP contribution in [0.5, 0.6) is 0 Å². The van der Waals surface area contributed by atoms with Gasteiger partial charge in [0, 0.05) is 17.6 Å². The molecule has 6 nitrogen and oxygen atoms in total. The molecule has 0 radical (unpaired) electrons. The van der Waals surface area contributed by atoms with Crippen molar-refractivity contribution >= 4 is 22.8 Å². The largest absolute Gasteiger partial charge is 0.462 e. The Hall–Kier alpha value is -3.25. The fraction of sp³-hybridized carbons (Fsp3) is 0.500. The summed E-state index contributed by atoms with van der Waals surface area (Å²) in [4.78, 5) is 30.4. The van der Waals surface area contributed by atoms with Gasteiger partial charge < -0.3 is 15.4 Å². The zero-order valence-electron chi connectivity index (χ0n) is 23.4. The van der Waals surface area contributed by atoms with E-state index >= 15 is 0 Å². The van der Waals surface area contributed by atoms with E-state index in [1.54, 1.807) is 12.1 Å². The van der Waals surface area contributed by atoms with Crippen LogP contribution in [0.15, 0.2) is 60.7 Å². The second-order valence-electron chi connectivity index (χ2n) is 12.5. The van der Waals surface area contributed by atoms with Crippen molar-refractivity contribution in [2.24, 2.45) is 23.2 Å². The first-order chi connectivity index (χ1) is 19.6. The predicted molar refractivity (Wildman–Crippen MR) is 157 cm³/mol. The van der Waals surface area contributed by atoms with Crippen LogP contribution in [-0.4, -0.2) is 43.1 Å². The third-order valence-corrected chi connectivity index (χ3v) is 9.33. The van der Waals surface area contributed by atoms with Crippen LogP contribution >= 0.6 is 0 Å². The number of fused-ring (bicyclic) bond motifs is 1. The van der Waals surface area contributed by atoms with Crippen molar-refractivity contribution in [2.75, 3.05) is 26.2 Å². The number of hydrogen-bond donors (Lipinski definition) is 2. The number of aryl methyl sites for hydroxylation is 1. The van der Waals surface area contributed by atoms with Crippen molar-refractivity contribution in [1.29, 1.82) is 0 Å². The number of nitrogens with zero attached hydrogens (tertiary/aromatic N) is 1. The van der Waals surface area contributed by atoms with Gasteiger partial charge in [-0.2, -0.15) is 0 Å². The first kappa shape index (κ1) is 26.9. The Labute approximate surface area is 237 Å².